The van der Waals surface area contributed by atoms with Gasteiger partial charge in [0.1, 0.15) is 0 Å². The van der Waals surface area contributed by atoms with Gasteiger partial charge in [-0.1, -0.05) is 0 Å². The minimum atomic E-state index is -0.914. The molecule has 6 nitrogen and oxygen atoms in total. The van der Waals surface area contributed by atoms with Crippen molar-refractivity contribution in [1.82, 2.24) is 10.2 Å². The summed E-state index contributed by atoms with van der Waals surface area (Å²) in [5, 5.41) is 6.26. The molecule has 0 amide bonds. The average Bonchev–Trinajstić information content (AvgIpc) is 2.50. The van der Waals surface area contributed by atoms with Crippen LogP contribution in [-0.4, -0.2) is 36.5 Å². The highest BCUT2D eigenvalue weighted by Crippen LogP contribution is 2.32. The lowest BCUT2D eigenvalue weighted by Crippen LogP contribution is -2.53. The van der Waals surface area contributed by atoms with Crippen molar-refractivity contribution in [3.63, 3.8) is 0 Å². The highest BCUT2D eigenvalue weighted by molar-refractivity contribution is 7.71. The first kappa shape index (κ1) is 9.35. The second-order valence-corrected chi connectivity index (χ2v) is 3.36. The Labute approximate surface area is 84.2 Å². The Morgan fingerprint density at radius 2 is 2.43 bits per heavy atom. The lowest BCUT2D eigenvalue weighted by molar-refractivity contribution is -0.169. The van der Waals surface area contributed by atoms with Gasteiger partial charge < -0.3 is 13.9 Å². The van der Waals surface area contributed by atoms with Crippen molar-refractivity contribution in [2.45, 2.75) is 5.41 Å². The molecule has 0 radical (unpaired) electrons. The van der Waals surface area contributed by atoms with Crippen LogP contribution in [0.1, 0.15) is 5.89 Å². The number of hydrogen-bond donors (Lipinski definition) is 1. The van der Waals surface area contributed by atoms with Crippen LogP contribution in [0.2, 0.25) is 0 Å². The molecule has 2 heterocycles. The van der Waals surface area contributed by atoms with E-state index in [0.717, 1.165) is 0 Å². The highest BCUT2D eigenvalue weighted by atomic mass is 32.1. The van der Waals surface area contributed by atoms with E-state index in [0.29, 0.717) is 0 Å². The number of carbonyl (C=O) groups is 1. The predicted octanol–water partition coefficient (Wildman–Crippen LogP) is 0.173. The maximum Gasteiger partial charge on any atom is 0.326 e. The molecular formula is C7H8N2O4S. The van der Waals surface area contributed by atoms with Gasteiger partial charge in [-0.25, -0.2) is 5.10 Å². The van der Waals surface area contributed by atoms with Crippen molar-refractivity contribution >= 4 is 18.2 Å². The zero-order valence-corrected chi connectivity index (χ0v) is 8.22. The number of carbonyl (C=O) groups excluding carboxylic acids is 1. The number of esters is 1. The van der Waals surface area contributed by atoms with E-state index in [9.17, 15) is 4.79 Å². The summed E-state index contributed by atoms with van der Waals surface area (Å²) in [7, 11) is 1.31. The second-order valence-electron chi connectivity index (χ2n) is 2.98. The largest absolute Gasteiger partial charge is 0.468 e. The summed E-state index contributed by atoms with van der Waals surface area (Å²) >= 11 is 4.72. The number of methoxy groups -OCH3 is 1. The molecular weight excluding hydrogens is 208 g/mol. The molecule has 1 aromatic rings. The van der Waals surface area contributed by atoms with Crippen LogP contribution < -0.4 is 0 Å². The first-order chi connectivity index (χ1) is 6.69. The summed E-state index contributed by atoms with van der Waals surface area (Å²) in [5.74, 6) is -0.199. The third kappa shape index (κ3) is 1.17. The lowest BCUT2D eigenvalue weighted by atomic mass is 9.86. The molecule has 14 heavy (non-hydrogen) atoms. The third-order valence-corrected chi connectivity index (χ3v) is 2.30. The lowest BCUT2D eigenvalue weighted by Gasteiger charge is -2.34. The Kier molecular flexibility index (Phi) is 2.12. The Hall–Kier alpha value is -1.21. The number of ether oxygens (including phenoxy) is 2. The number of aromatic amines is 1. The molecule has 1 saturated heterocycles. The van der Waals surface area contributed by atoms with E-state index in [1.165, 1.54) is 7.11 Å². The molecule has 1 aliphatic heterocycles. The summed E-state index contributed by atoms with van der Waals surface area (Å²) in [6.45, 7) is 0.422. The Balaban J connectivity index is 2.38. The van der Waals surface area contributed by atoms with Gasteiger partial charge >= 0.3 is 5.97 Å². The van der Waals surface area contributed by atoms with Gasteiger partial charge in [-0.05, 0) is 12.2 Å². The Morgan fingerprint density at radius 3 is 2.79 bits per heavy atom. The van der Waals surface area contributed by atoms with Crippen LogP contribution in [0.5, 0.6) is 0 Å². The molecule has 0 unspecified atom stereocenters. The minimum absolute atomic E-state index is 0.134. The minimum Gasteiger partial charge on any atom is -0.468 e. The summed E-state index contributed by atoms with van der Waals surface area (Å²) in [6.07, 6.45) is 0. The maximum absolute atomic E-state index is 11.5. The zero-order chi connectivity index (χ0) is 10.2. The van der Waals surface area contributed by atoms with Gasteiger partial charge in [0, 0.05) is 0 Å². The number of rotatable bonds is 2. The Morgan fingerprint density at radius 1 is 1.71 bits per heavy atom. The van der Waals surface area contributed by atoms with Crippen LogP contribution in [0, 0.1) is 4.84 Å². The van der Waals surface area contributed by atoms with Crippen LogP contribution in [0.3, 0.4) is 0 Å². The molecule has 0 bridgehead atoms. The van der Waals surface area contributed by atoms with Crippen LogP contribution >= 0.6 is 12.2 Å². The number of H-pyrrole nitrogens is 1. The summed E-state index contributed by atoms with van der Waals surface area (Å²) in [6, 6.07) is 0. The topological polar surface area (TPSA) is 77.4 Å². The van der Waals surface area contributed by atoms with Gasteiger partial charge in [-0.3, -0.25) is 4.79 Å². The van der Waals surface area contributed by atoms with Gasteiger partial charge in [-0.2, -0.15) is 0 Å². The van der Waals surface area contributed by atoms with Crippen LogP contribution in [0.4, 0.5) is 0 Å². The fourth-order valence-electron chi connectivity index (χ4n) is 1.26. The van der Waals surface area contributed by atoms with Gasteiger partial charge in [0.25, 0.3) is 4.84 Å². The van der Waals surface area contributed by atoms with Gasteiger partial charge in [-0.15, -0.1) is 5.10 Å². The van der Waals surface area contributed by atoms with Gasteiger partial charge in [0.15, 0.2) is 5.41 Å². The number of nitrogens with zero attached hydrogens (tertiary/aromatic N) is 1. The Bertz CT molecular complexity index is 406. The monoisotopic (exact) mass is 216 g/mol. The second kappa shape index (κ2) is 3.18. The molecule has 76 valence electrons. The van der Waals surface area contributed by atoms with Crippen molar-refractivity contribution in [2.75, 3.05) is 20.3 Å². The van der Waals surface area contributed by atoms with Crippen LogP contribution in [0.25, 0.3) is 0 Å². The summed E-state index contributed by atoms with van der Waals surface area (Å²) < 4.78 is 14.7. The fraction of sp³-hybridized carbons (Fsp3) is 0.571. The molecule has 0 aliphatic carbocycles. The summed E-state index contributed by atoms with van der Waals surface area (Å²) in [5.41, 5.74) is -0.914. The van der Waals surface area contributed by atoms with E-state index in [2.05, 4.69) is 14.9 Å². The standard InChI is InChI=1S/C7H8N2O4S/c1-11-5(10)7(2-12-3-7)4-8-9-6(14)13-4/h2-3H2,1H3,(H,9,14). The van der Waals surface area contributed by atoms with Gasteiger partial charge in [0.05, 0.1) is 20.3 Å². The molecule has 1 aromatic heterocycles. The summed E-state index contributed by atoms with van der Waals surface area (Å²) in [4.78, 5) is 11.6. The smallest absolute Gasteiger partial charge is 0.326 e. The first-order valence-electron chi connectivity index (χ1n) is 3.91. The van der Waals surface area contributed by atoms with E-state index in [1.807, 2.05) is 0 Å². The predicted molar refractivity (Wildman–Crippen MR) is 46.2 cm³/mol. The van der Waals surface area contributed by atoms with Crippen molar-refractivity contribution in [3.8, 4) is 0 Å². The molecule has 2 rings (SSSR count). The molecule has 0 atom stereocenters. The zero-order valence-electron chi connectivity index (χ0n) is 7.40. The molecule has 0 saturated carbocycles. The normalized spacial score (nSPS) is 18.6. The van der Waals surface area contributed by atoms with E-state index in [4.69, 9.17) is 21.4 Å². The fourth-order valence-corrected chi connectivity index (χ4v) is 1.39. The third-order valence-electron chi connectivity index (χ3n) is 2.12. The average molecular weight is 216 g/mol. The highest BCUT2D eigenvalue weighted by Gasteiger charge is 2.53. The number of hydrogen-bond acceptors (Lipinski definition) is 6. The molecule has 1 N–H and O–H groups in total. The maximum atomic E-state index is 11.5. The van der Waals surface area contributed by atoms with E-state index >= 15 is 0 Å². The van der Waals surface area contributed by atoms with E-state index in [-0.39, 0.29) is 23.9 Å². The van der Waals surface area contributed by atoms with Crippen molar-refractivity contribution < 1.29 is 18.7 Å². The van der Waals surface area contributed by atoms with Crippen molar-refractivity contribution in [3.05, 3.63) is 10.7 Å². The quantitative estimate of drug-likeness (QED) is 0.561. The van der Waals surface area contributed by atoms with Crippen molar-refractivity contribution in [2.24, 2.45) is 0 Å². The molecule has 1 aliphatic rings. The number of aromatic nitrogens is 2. The van der Waals surface area contributed by atoms with E-state index in [1.54, 1.807) is 0 Å². The molecule has 0 spiro atoms. The van der Waals surface area contributed by atoms with Gasteiger partial charge in [0.2, 0.25) is 5.89 Å². The SMILES string of the molecule is COC(=O)C1(c2n[nH]c(=S)o2)COC1. The van der Waals surface area contributed by atoms with E-state index < -0.39 is 11.4 Å². The van der Waals surface area contributed by atoms with Crippen molar-refractivity contribution in [1.29, 1.82) is 0 Å². The molecule has 0 aromatic carbocycles. The molecule has 7 heteroatoms. The molecule has 1 fully saturated rings. The number of nitrogens with one attached hydrogen (secondary N) is 1. The van der Waals surface area contributed by atoms with Crippen LogP contribution in [0.15, 0.2) is 4.42 Å². The first-order valence-corrected chi connectivity index (χ1v) is 4.32. The van der Waals surface area contributed by atoms with Crippen LogP contribution in [-0.2, 0) is 19.7 Å².